The van der Waals surface area contributed by atoms with Gasteiger partial charge in [0.25, 0.3) is 0 Å². The maximum absolute atomic E-state index is 10.8. The highest BCUT2D eigenvalue weighted by Gasteiger charge is 1.93. The predicted molar refractivity (Wildman–Crippen MR) is 40.8 cm³/mol. The normalized spacial score (nSPS) is 10.6. The van der Waals surface area contributed by atoms with Crippen molar-refractivity contribution >= 4 is 5.78 Å². The minimum Gasteiger partial charge on any atom is -0.300 e. The number of carbonyl (C=O) groups is 1. The number of Topliss-reactive ketones (excluding diaryl/α,β-unsaturated/α-hetero) is 1. The largest absolute Gasteiger partial charge is 0.300 e. The summed E-state index contributed by atoms with van der Waals surface area (Å²) >= 11 is 0. The Morgan fingerprint density at radius 3 is 2.80 bits per heavy atom. The Kier molecular flexibility index (Phi) is 1.79. The van der Waals surface area contributed by atoms with Gasteiger partial charge < -0.3 is 0 Å². The second-order valence-corrected chi connectivity index (χ2v) is 2.20. The van der Waals surface area contributed by atoms with Crippen LogP contribution in [0.15, 0.2) is 30.3 Å². The van der Waals surface area contributed by atoms with E-state index in [9.17, 15) is 4.79 Å². The topological polar surface area (TPSA) is 17.1 Å². The molecule has 1 heteroatoms. The van der Waals surface area contributed by atoms with Gasteiger partial charge in [0.2, 0.25) is 0 Å². The molecule has 52 valence electrons. The molecule has 0 aromatic heterocycles. The fourth-order valence-corrected chi connectivity index (χ4v) is 0.824. The first-order valence-electron chi connectivity index (χ1n) is 3.88. The first-order valence-corrected chi connectivity index (χ1v) is 3.18. The van der Waals surface area contributed by atoms with Crippen LogP contribution in [0.2, 0.25) is 0 Å². The lowest BCUT2D eigenvalue weighted by Crippen LogP contribution is -1.94. The zero-order valence-electron chi connectivity index (χ0n) is 6.71. The number of carbonyl (C=O) groups excluding carboxylic acids is 1. The summed E-state index contributed by atoms with van der Waals surface area (Å²) in [5, 5.41) is 0. The molecule has 0 fully saturated rings. The molecule has 0 aliphatic rings. The minimum atomic E-state index is -0.116. The van der Waals surface area contributed by atoms with Crippen molar-refractivity contribution in [2.45, 2.75) is 13.3 Å². The van der Waals surface area contributed by atoms with E-state index in [0.29, 0.717) is 6.42 Å². The van der Waals surface area contributed by atoms with Gasteiger partial charge in [0.1, 0.15) is 5.78 Å². The fraction of sp³-hybridized carbons (Fsp3) is 0.222. The molecule has 1 rings (SSSR count). The maximum atomic E-state index is 10.8. The van der Waals surface area contributed by atoms with Crippen LogP contribution in [0.3, 0.4) is 0 Å². The summed E-state index contributed by atoms with van der Waals surface area (Å²) in [5.41, 5.74) is 0.991. The number of ketones is 1. The molecule has 0 amide bonds. The Balaban J connectivity index is 2.58. The van der Waals surface area contributed by atoms with Gasteiger partial charge in [0.05, 0.1) is 0 Å². The van der Waals surface area contributed by atoms with Gasteiger partial charge in [-0.05, 0) is 12.5 Å². The van der Waals surface area contributed by atoms with Gasteiger partial charge in [-0.3, -0.25) is 4.79 Å². The zero-order chi connectivity index (χ0) is 8.10. The van der Waals surface area contributed by atoms with Gasteiger partial charge >= 0.3 is 0 Å². The van der Waals surface area contributed by atoms with E-state index in [2.05, 4.69) is 0 Å². The van der Waals surface area contributed by atoms with Crippen molar-refractivity contribution in [1.82, 2.24) is 0 Å². The summed E-state index contributed by atoms with van der Waals surface area (Å²) in [5.74, 6) is -0.0313. The highest BCUT2D eigenvalue weighted by Crippen LogP contribution is 1.98. The number of benzene rings is 1. The van der Waals surface area contributed by atoms with Crippen LogP contribution in [0.4, 0.5) is 0 Å². The third kappa shape index (κ3) is 2.02. The lowest BCUT2D eigenvalue weighted by molar-refractivity contribution is -0.116. The van der Waals surface area contributed by atoms with Crippen molar-refractivity contribution in [1.29, 1.82) is 0 Å². The van der Waals surface area contributed by atoms with E-state index < -0.39 is 0 Å². The van der Waals surface area contributed by atoms with Crippen LogP contribution in [-0.2, 0) is 11.2 Å². The highest BCUT2D eigenvalue weighted by molar-refractivity contribution is 5.78. The SMILES string of the molecule is [3H]CC(=O)Cc1ccccc1. The lowest BCUT2D eigenvalue weighted by Gasteiger charge is -1.93. The van der Waals surface area contributed by atoms with E-state index in [1.807, 2.05) is 30.3 Å². The molecule has 10 heavy (non-hydrogen) atoms. The highest BCUT2D eigenvalue weighted by atomic mass is 16.1. The minimum absolute atomic E-state index is 0.0313. The van der Waals surface area contributed by atoms with Crippen LogP contribution in [0.1, 0.15) is 13.8 Å². The molecule has 0 atom stereocenters. The molecule has 0 spiro atoms. The molecule has 0 heterocycles. The molecule has 0 saturated heterocycles. The van der Waals surface area contributed by atoms with Gasteiger partial charge in [-0.1, -0.05) is 30.3 Å². The van der Waals surface area contributed by atoms with Gasteiger partial charge in [0.15, 0.2) is 0 Å². The second kappa shape index (κ2) is 3.16. The quantitative estimate of drug-likeness (QED) is 0.606. The molecule has 0 aliphatic carbocycles. The van der Waals surface area contributed by atoms with Gasteiger partial charge in [0, 0.05) is 7.79 Å². The summed E-state index contributed by atoms with van der Waals surface area (Å²) in [4.78, 5) is 10.8. The van der Waals surface area contributed by atoms with Crippen molar-refractivity contribution in [2.75, 3.05) is 0 Å². The molecule has 1 aromatic rings. The van der Waals surface area contributed by atoms with Crippen LogP contribution in [0, 0.1) is 0 Å². The smallest absolute Gasteiger partial charge is 0.134 e. The number of rotatable bonds is 2. The molecule has 0 aliphatic heterocycles. The monoisotopic (exact) mass is 136 g/mol. The van der Waals surface area contributed by atoms with E-state index in [-0.39, 0.29) is 12.7 Å². The molecular weight excluding hydrogens is 124 g/mol. The third-order valence-electron chi connectivity index (χ3n) is 1.24. The molecule has 1 nitrogen and oxygen atoms in total. The molecule has 0 bridgehead atoms. The van der Waals surface area contributed by atoms with Crippen molar-refractivity contribution in [2.24, 2.45) is 0 Å². The Bertz CT molecular complexity index is 231. The predicted octanol–water partition coefficient (Wildman–Crippen LogP) is 1.82. The van der Waals surface area contributed by atoms with Crippen molar-refractivity contribution in [3.8, 4) is 0 Å². The number of hydrogen-bond donors (Lipinski definition) is 0. The first-order chi connectivity index (χ1) is 5.33. The van der Waals surface area contributed by atoms with Gasteiger partial charge in [-0.2, -0.15) is 0 Å². The van der Waals surface area contributed by atoms with E-state index in [0.717, 1.165) is 5.56 Å². The summed E-state index contributed by atoms with van der Waals surface area (Å²) < 4.78 is 6.81. The van der Waals surface area contributed by atoms with E-state index in [4.69, 9.17) is 1.37 Å². The van der Waals surface area contributed by atoms with Crippen molar-refractivity contribution < 1.29 is 6.17 Å². The molecular formula is C9H10O. The van der Waals surface area contributed by atoms with Crippen molar-refractivity contribution in [3.05, 3.63) is 35.9 Å². The Labute approximate surface area is 62.1 Å². The van der Waals surface area contributed by atoms with E-state index in [1.54, 1.807) is 0 Å². The Hall–Kier alpha value is -1.11. The summed E-state index contributed by atoms with van der Waals surface area (Å²) in [6, 6.07) is 9.49. The van der Waals surface area contributed by atoms with Crippen LogP contribution >= 0.6 is 0 Å². The van der Waals surface area contributed by atoms with Gasteiger partial charge in [-0.25, -0.2) is 0 Å². The zero-order valence-corrected chi connectivity index (χ0v) is 5.71. The third-order valence-corrected chi connectivity index (χ3v) is 1.24. The molecule has 0 saturated carbocycles. The van der Waals surface area contributed by atoms with Crippen molar-refractivity contribution in [3.63, 3.8) is 0 Å². The lowest BCUT2D eigenvalue weighted by atomic mass is 10.1. The average Bonchev–Trinajstić information content (AvgIpc) is 2.06. The molecule has 0 N–H and O–H groups in total. The molecule has 1 aromatic carbocycles. The summed E-state index contributed by atoms with van der Waals surface area (Å²) in [7, 11) is 0. The van der Waals surface area contributed by atoms with Crippen LogP contribution < -0.4 is 0 Å². The summed E-state index contributed by atoms with van der Waals surface area (Å²) in [6.07, 6.45) is 0.393. The summed E-state index contributed by atoms with van der Waals surface area (Å²) in [6.45, 7) is -0.116. The molecule has 0 unspecified atom stereocenters. The maximum Gasteiger partial charge on any atom is 0.134 e. The fourth-order valence-electron chi connectivity index (χ4n) is 0.824. The van der Waals surface area contributed by atoms with Crippen LogP contribution in [-0.4, -0.2) is 5.78 Å². The van der Waals surface area contributed by atoms with E-state index in [1.165, 1.54) is 0 Å². The molecule has 0 radical (unpaired) electrons. The standard InChI is InChI=1S/C9H10O/c1-8(10)7-9-5-3-2-4-6-9/h2-6H,7H2,1H3/i1T. The Morgan fingerprint density at radius 1 is 1.50 bits per heavy atom. The second-order valence-electron chi connectivity index (χ2n) is 2.20. The van der Waals surface area contributed by atoms with E-state index >= 15 is 0 Å². The van der Waals surface area contributed by atoms with Crippen LogP contribution in [0.5, 0.6) is 0 Å². The van der Waals surface area contributed by atoms with Crippen LogP contribution in [0.25, 0.3) is 0 Å². The Morgan fingerprint density at radius 2 is 2.20 bits per heavy atom. The average molecular weight is 136 g/mol. The first kappa shape index (κ1) is 5.66. The van der Waals surface area contributed by atoms with Gasteiger partial charge in [-0.15, -0.1) is 0 Å². The number of hydrogen-bond acceptors (Lipinski definition) is 1.